The van der Waals surface area contributed by atoms with Gasteiger partial charge in [0.1, 0.15) is 6.61 Å². The molecule has 3 amide bonds. The van der Waals surface area contributed by atoms with E-state index in [1.54, 1.807) is 0 Å². The maximum Gasteiger partial charge on any atom is 0.329 e. The molecule has 8 heteroatoms. The van der Waals surface area contributed by atoms with Crippen LogP contribution in [0.25, 0.3) is 0 Å². The molecule has 0 saturated heterocycles. The van der Waals surface area contributed by atoms with Gasteiger partial charge < -0.3 is 25.8 Å². The van der Waals surface area contributed by atoms with Gasteiger partial charge in [0.15, 0.2) is 0 Å². The van der Waals surface area contributed by atoms with Crippen LogP contribution in [0.4, 0.5) is 4.79 Å². The predicted octanol–water partition coefficient (Wildman–Crippen LogP) is -0.308. The van der Waals surface area contributed by atoms with Gasteiger partial charge in [0, 0.05) is 25.6 Å². The standard InChI is InChI=1S/C12H23N3O5/c1-3-9(2)15-10(16)4-5-13-12(19)14-6-7-20-8-11(17)18/h9H,3-8H2,1-2H3,(H,15,16)(H,17,18)(H2,13,14,19). The fourth-order valence-electron chi connectivity index (χ4n) is 1.20. The molecule has 0 saturated carbocycles. The van der Waals surface area contributed by atoms with Crippen LogP contribution < -0.4 is 16.0 Å². The van der Waals surface area contributed by atoms with Crippen molar-refractivity contribution in [2.75, 3.05) is 26.3 Å². The highest BCUT2D eigenvalue weighted by atomic mass is 16.5. The topological polar surface area (TPSA) is 117 Å². The first kappa shape index (κ1) is 18.2. The number of hydrogen-bond acceptors (Lipinski definition) is 4. The van der Waals surface area contributed by atoms with Crippen molar-refractivity contribution in [3.63, 3.8) is 0 Å². The van der Waals surface area contributed by atoms with Crippen molar-refractivity contribution < 1.29 is 24.2 Å². The zero-order valence-corrected chi connectivity index (χ0v) is 11.9. The lowest BCUT2D eigenvalue weighted by molar-refractivity contribution is -0.142. The van der Waals surface area contributed by atoms with E-state index in [1.165, 1.54) is 0 Å². The molecule has 0 aliphatic heterocycles. The summed E-state index contributed by atoms with van der Waals surface area (Å²) in [6, 6.07) is -0.289. The van der Waals surface area contributed by atoms with E-state index in [1.807, 2.05) is 13.8 Å². The lowest BCUT2D eigenvalue weighted by Gasteiger charge is -2.11. The number of rotatable bonds is 10. The number of amides is 3. The molecule has 0 radical (unpaired) electrons. The van der Waals surface area contributed by atoms with Crippen molar-refractivity contribution in [1.29, 1.82) is 0 Å². The zero-order valence-electron chi connectivity index (χ0n) is 11.9. The van der Waals surface area contributed by atoms with Gasteiger partial charge in [0.05, 0.1) is 6.61 Å². The Morgan fingerprint density at radius 3 is 2.45 bits per heavy atom. The van der Waals surface area contributed by atoms with Gasteiger partial charge in [-0.2, -0.15) is 0 Å². The van der Waals surface area contributed by atoms with Gasteiger partial charge in [-0.1, -0.05) is 6.92 Å². The number of carboxylic acids is 1. The second kappa shape index (κ2) is 11.0. The van der Waals surface area contributed by atoms with Crippen LogP contribution in [-0.4, -0.2) is 55.4 Å². The molecule has 0 aromatic rings. The van der Waals surface area contributed by atoms with Crippen LogP contribution in [-0.2, 0) is 14.3 Å². The van der Waals surface area contributed by atoms with E-state index in [0.29, 0.717) is 0 Å². The van der Waals surface area contributed by atoms with Gasteiger partial charge in [-0.05, 0) is 13.3 Å². The summed E-state index contributed by atoms with van der Waals surface area (Å²) in [5.41, 5.74) is 0. The minimum atomic E-state index is -1.05. The molecular formula is C12H23N3O5. The second-order valence-electron chi connectivity index (χ2n) is 4.26. The lowest BCUT2D eigenvalue weighted by Crippen LogP contribution is -2.40. The molecule has 116 valence electrons. The largest absolute Gasteiger partial charge is 0.480 e. The maximum atomic E-state index is 11.4. The summed E-state index contributed by atoms with van der Waals surface area (Å²) in [7, 11) is 0. The third-order valence-electron chi connectivity index (χ3n) is 2.41. The molecule has 8 nitrogen and oxygen atoms in total. The first-order chi connectivity index (χ1) is 9.45. The molecule has 0 aromatic carbocycles. The van der Waals surface area contributed by atoms with Crippen LogP contribution in [0.3, 0.4) is 0 Å². The number of urea groups is 1. The second-order valence-corrected chi connectivity index (χ2v) is 4.26. The Hall–Kier alpha value is -1.83. The molecule has 0 aromatic heterocycles. The minimum Gasteiger partial charge on any atom is -0.480 e. The molecule has 20 heavy (non-hydrogen) atoms. The normalized spacial score (nSPS) is 11.5. The van der Waals surface area contributed by atoms with Gasteiger partial charge in [0.25, 0.3) is 0 Å². The van der Waals surface area contributed by atoms with Gasteiger partial charge in [-0.25, -0.2) is 9.59 Å². The quantitative estimate of drug-likeness (QED) is 0.412. The van der Waals surface area contributed by atoms with E-state index in [9.17, 15) is 14.4 Å². The van der Waals surface area contributed by atoms with Crippen molar-refractivity contribution in [2.24, 2.45) is 0 Å². The van der Waals surface area contributed by atoms with E-state index in [-0.39, 0.29) is 44.7 Å². The van der Waals surface area contributed by atoms with Crippen LogP contribution >= 0.6 is 0 Å². The Balaban J connectivity index is 3.49. The molecular weight excluding hydrogens is 266 g/mol. The summed E-state index contributed by atoms with van der Waals surface area (Å²) >= 11 is 0. The van der Waals surface area contributed by atoms with Crippen LogP contribution in [0.5, 0.6) is 0 Å². The first-order valence-corrected chi connectivity index (χ1v) is 6.56. The first-order valence-electron chi connectivity index (χ1n) is 6.56. The number of nitrogens with one attached hydrogen (secondary N) is 3. The molecule has 1 unspecified atom stereocenters. The van der Waals surface area contributed by atoms with E-state index in [2.05, 4.69) is 16.0 Å². The van der Waals surface area contributed by atoms with Crippen LogP contribution in [0.2, 0.25) is 0 Å². The van der Waals surface area contributed by atoms with E-state index >= 15 is 0 Å². The monoisotopic (exact) mass is 289 g/mol. The highest BCUT2D eigenvalue weighted by Crippen LogP contribution is 1.88. The highest BCUT2D eigenvalue weighted by Gasteiger charge is 2.06. The van der Waals surface area contributed by atoms with Gasteiger partial charge >= 0.3 is 12.0 Å². The molecule has 1 atom stereocenters. The highest BCUT2D eigenvalue weighted by molar-refractivity contribution is 5.78. The number of carbonyl (C=O) groups is 3. The fraction of sp³-hybridized carbons (Fsp3) is 0.750. The summed E-state index contributed by atoms with van der Waals surface area (Å²) in [5.74, 6) is -1.16. The predicted molar refractivity (Wildman–Crippen MR) is 72.4 cm³/mol. The van der Waals surface area contributed by atoms with Crippen molar-refractivity contribution in [1.82, 2.24) is 16.0 Å². The van der Waals surface area contributed by atoms with Gasteiger partial charge in [-0.3, -0.25) is 4.79 Å². The van der Waals surface area contributed by atoms with Gasteiger partial charge in [-0.15, -0.1) is 0 Å². The SMILES string of the molecule is CCC(C)NC(=O)CCNC(=O)NCCOCC(=O)O. The number of ether oxygens (including phenoxy) is 1. The molecule has 0 heterocycles. The minimum absolute atomic E-state index is 0.107. The molecule has 0 fully saturated rings. The molecule has 0 aliphatic rings. The molecule has 0 rings (SSSR count). The summed E-state index contributed by atoms with van der Waals surface area (Å²) < 4.78 is 4.74. The lowest BCUT2D eigenvalue weighted by atomic mass is 10.2. The van der Waals surface area contributed by atoms with Crippen molar-refractivity contribution in [3.05, 3.63) is 0 Å². The van der Waals surface area contributed by atoms with Crippen molar-refractivity contribution in [2.45, 2.75) is 32.7 Å². The van der Waals surface area contributed by atoms with Crippen LogP contribution in [0.1, 0.15) is 26.7 Å². The number of hydrogen-bond donors (Lipinski definition) is 4. The smallest absolute Gasteiger partial charge is 0.329 e. The average molecular weight is 289 g/mol. The Bertz CT molecular complexity index is 322. The number of carbonyl (C=O) groups excluding carboxylic acids is 2. The summed E-state index contributed by atoms with van der Waals surface area (Å²) in [6.07, 6.45) is 1.07. The van der Waals surface area contributed by atoms with Crippen LogP contribution in [0.15, 0.2) is 0 Å². The number of carboxylic acid groups (broad SMARTS) is 1. The molecule has 0 bridgehead atoms. The fourth-order valence-corrected chi connectivity index (χ4v) is 1.20. The van der Waals surface area contributed by atoms with E-state index in [0.717, 1.165) is 6.42 Å². The van der Waals surface area contributed by atoms with Crippen molar-refractivity contribution in [3.8, 4) is 0 Å². The maximum absolute atomic E-state index is 11.4. The Labute approximate surface area is 118 Å². The molecule has 0 spiro atoms. The zero-order chi connectivity index (χ0) is 15.4. The molecule has 0 aliphatic carbocycles. The summed E-state index contributed by atoms with van der Waals surface area (Å²) in [5, 5.41) is 16.1. The molecule has 4 N–H and O–H groups in total. The average Bonchev–Trinajstić information content (AvgIpc) is 2.37. The van der Waals surface area contributed by atoms with E-state index < -0.39 is 12.0 Å². The summed E-state index contributed by atoms with van der Waals surface area (Å²) in [6.45, 7) is 4.06. The Morgan fingerprint density at radius 1 is 1.20 bits per heavy atom. The van der Waals surface area contributed by atoms with Crippen molar-refractivity contribution >= 4 is 17.9 Å². The van der Waals surface area contributed by atoms with Crippen LogP contribution in [0, 0.1) is 0 Å². The Morgan fingerprint density at radius 2 is 1.85 bits per heavy atom. The third kappa shape index (κ3) is 11.3. The third-order valence-corrected chi connectivity index (χ3v) is 2.41. The summed E-state index contributed by atoms with van der Waals surface area (Å²) in [4.78, 5) is 32.8. The van der Waals surface area contributed by atoms with E-state index in [4.69, 9.17) is 9.84 Å². The number of aliphatic carboxylic acids is 1. The Kier molecular flexibility index (Phi) is 10.0. The van der Waals surface area contributed by atoms with Gasteiger partial charge in [0.2, 0.25) is 5.91 Å².